The highest BCUT2D eigenvalue weighted by atomic mass is 16.3. The van der Waals surface area contributed by atoms with E-state index in [-0.39, 0.29) is 17.6 Å². The zero-order chi connectivity index (χ0) is 16.4. The Bertz CT molecular complexity index is 837. The lowest BCUT2D eigenvalue weighted by Crippen LogP contribution is -2.27. The summed E-state index contributed by atoms with van der Waals surface area (Å²) in [5.74, 6) is 0.761. The van der Waals surface area contributed by atoms with E-state index >= 15 is 0 Å². The number of phenolic OH excluding ortho intramolecular Hbond substituents is 1. The number of aromatic amines is 1. The number of imidazole rings is 1. The molecule has 0 saturated carbocycles. The van der Waals surface area contributed by atoms with Crippen molar-refractivity contribution in [3.05, 3.63) is 59.4 Å². The molecule has 1 heterocycles. The molecule has 0 spiro atoms. The third kappa shape index (κ3) is 3.34. The Hall–Kier alpha value is -2.82. The summed E-state index contributed by atoms with van der Waals surface area (Å²) >= 11 is 0. The Morgan fingerprint density at radius 2 is 2.00 bits per heavy atom. The largest absolute Gasteiger partial charge is 0.508 e. The number of benzene rings is 2. The second-order valence-corrected chi connectivity index (χ2v) is 5.70. The van der Waals surface area contributed by atoms with Crippen LogP contribution in [0.5, 0.6) is 5.75 Å². The number of rotatable bonds is 4. The van der Waals surface area contributed by atoms with Crippen molar-refractivity contribution in [1.29, 1.82) is 0 Å². The molecule has 3 rings (SSSR count). The Balaban J connectivity index is 1.66. The van der Waals surface area contributed by atoms with Crippen LogP contribution in [0.15, 0.2) is 42.5 Å². The van der Waals surface area contributed by atoms with Crippen LogP contribution in [-0.4, -0.2) is 21.0 Å². The first kappa shape index (κ1) is 15.1. The van der Waals surface area contributed by atoms with Gasteiger partial charge in [-0.2, -0.15) is 0 Å². The molecule has 2 aromatic carbocycles. The summed E-state index contributed by atoms with van der Waals surface area (Å²) in [4.78, 5) is 19.8. The van der Waals surface area contributed by atoms with Gasteiger partial charge in [-0.1, -0.05) is 18.2 Å². The summed E-state index contributed by atoms with van der Waals surface area (Å²) in [6, 6.07) is 12.6. The van der Waals surface area contributed by atoms with Crippen molar-refractivity contribution < 1.29 is 9.90 Å². The highest BCUT2D eigenvalue weighted by molar-refractivity contribution is 5.83. The highest BCUT2D eigenvalue weighted by Gasteiger charge is 2.14. The fourth-order valence-electron chi connectivity index (χ4n) is 2.55. The summed E-state index contributed by atoms with van der Waals surface area (Å²) in [5, 5.41) is 12.3. The fourth-order valence-corrected chi connectivity index (χ4v) is 2.55. The van der Waals surface area contributed by atoms with Gasteiger partial charge in [0.1, 0.15) is 11.6 Å². The smallest absolute Gasteiger partial charge is 0.227 e. The summed E-state index contributed by atoms with van der Waals surface area (Å²) in [5.41, 5.74) is 3.79. The van der Waals surface area contributed by atoms with E-state index in [0.717, 1.165) is 28.0 Å². The number of amides is 1. The molecule has 0 fully saturated rings. The number of aromatic nitrogens is 2. The van der Waals surface area contributed by atoms with Gasteiger partial charge >= 0.3 is 0 Å². The zero-order valence-corrected chi connectivity index (χ0v) is 13.1. The molecule has 0 saturated heterocycles. The van der Waals surface area contributed by atoms with Gasteiger partial charge in [-0.25, -0.2) is 4.98 Å². The topological polar surface area (TPSA) is 78.0 Å². The number of hydrogen-bond acceptors (Lipinski definition) is 3. The van der Waals surface area contributed by atoms with Crippen molar-refractivity contribution in [2.24, 2.45) is 0 Å². The van der Waals surface area contributed by atoms with Gasteiger partial charge in [0.25, 0.3) is 0 Å². The Labute approximate surface area is 134 Å². The van der Waals surface area contributed by atoms with E-state index in [4.69, 9.17) is 0 Å². The monoisotopic (exact) mass is 309 g/mol. The summed E-state index contributed by atoms with van der Waals surface area (Å²) in [6.45, 7) is 4.24. The van der Waals surface area contributed by atoms with E-state index < -0.39 is 0 Å². The molecule has 0 bridgehead atoms. The second-order valence-electron chi connectivity index (χ2n) is 5.70. The molecule has 23 heavy (non-hydrogen) atoms. The molecule has 1 aromatic heterocycles. The van der Waals surface area contributed by atoms with Crippen LogP contribution in [0.4, 0.5) is 0 Å². The molecule has 3 N–H and O–H groups in total. The minimum atomic E-state index is -0.270. The Morgan fingerprint density at radius 1 is 1.26 bits per heavy atom. The number of nitrogens with one attached hydrogen (secondary N) is 2. The maximum absolute atomic E-state index is 12.3. The first-order chi connectivity index (χ1) is 11.0. The van der Waals surface area contributed by atoms with E-state index in [9.17, 15) is 9.90 Å². The minimum absolute atomic E-state index is 0.0448. The van der Waals surface area contributed by atoms with E-state index in [2.05, 4.69) is 15.3 Å². The van der Waals surface area contributed by atoms with Gasteiger partial charge in [0.05, 0.1) is 17.0 Å². The van der Waals surface area contributed by atoms with Crippen molar-refractivity contribution in [2.75, 3.05) is 0 Å². The van der Waals surface area contributed by atoms with Gasteiger partial charge in [-0.3, -0.25) is 4.79 Å². The zero-order valence-electron chi connectivity index (χ0n) is 13.1. The van der Waals surface area contributed by atoms with E-state index in [1.807, 2.05) is 32.0 Å². The maximum Gasteiger partial charge on any atom is 0.227 e. The number of carbonyl (C=O) groups is 1. The lowest BCUT2D eigenvalue weighted by molar-refractivity contribution is -0.122. The molecule has 0 aliphatic rings. The van der Waals surface area contributed by atoms with Crippen molar-refractivity contribution >= 4 is 16.9 Å². The fraction of sp³-hybridized carbons (Fsp3) is 0.222. The third-order valence-electron chi connectivity index (χ3n) is 3.92. The summed E-state index contributed by atoms with van der Waals surface area (Å²) < 4.78 is 0. The number of nitrogens with zero attached hydrogens (tertiary/aromatic N) is 1. The van der Waals surface area contributed by atoms with Gasteiger partial charge in [0, 0.05) is 6.54 Å². The lowest BCUT2D eigenvalue weighted by atomic mass is 10.0. The maximum atomic E-state index is 12.3. The molecule has 118 valence electrons. The molecule has 3 aromatic rings. The number of hydrogen-bond donors (Lipinski definition) is 3. The van der Waals surface area contributed by atoms with Crippen molar-refractivity contribution in [3.63, 3.8) is 0 Å². The average molecular weight is 309 g/mol. The number of aromatic hydroxyl groups is 1. The van der Waals surface area contributed by atoms with Crippen LogP contribution in [0.25, 0.3) is 11.0 Å². The third-order valence-corrected chi connectivity index (χ3v) is 3.92. The predicted molar refractivity (Wildman–Crippen MR) is 89.2 cm³/mol. The number of phenols is 1. The van der Waals surface area contributed by atoms with Crippen molar-refractivity contribution in [1.82, 2.24) is 15.3 Å². The highest BCUT2D eigenvalue weighted by Crippen LogP contribution is 2.19. The van der Waals surface area contributed by atoms with Crippen LogP contribution in [0, 0.1) is 6.92 Å². The van der Waals surface area contributed by atoms with Crippen LogP contribution in [-0.2, 0) is 11.3 Å². The average Bonchev–Trinajstić information content (AvgIpc) is 2.92. The van der Waals surface area contributed by atoms with Crippen LogP contribution in [0.3, 0.4) is 0 Å². The van der Waals surface area contributed by atoms with Crippen LogP contribution in [0.1, 0.15) is 29.8 Å². The summed E-state index contributed by atoms with van der Waals surface area (Å²) in [6.07, 6.45) is 0. The van der Waals surface area contributed by atoms with Crippen LogP contribution in [0.2, 0.25) is 0 Å². The number of fused-ring (bicyclic) bond motifs is 1. The second kappa shape index (κ2) is 6.12. The van der Waals surface area contributed by atoms with Crippen LogP contribution < -0.4 is 5.32 Å². The molecule has 0 unspecified atom stereocenters. The minimum Gasteiger partial charge on any atom is -0.508 e. The Kier molecular flexibility index (Phi) is 4.02. The van der Waals surface area contributed by atoms with E-state index in [0.29, 0.717) is 6.54 Å². The first-order valence-electron chi connectivity index (χ1n) is 7.55. The number of H-pyrrole nitrogens is 1. The molecule has 1 amide bonds. The normalized spacial score (nSPS) is 12.3. The first-order valence-corrected chi connectivity index (χ1v) is 7.55. The van der Waals surface area contributed by atoms with Gasteiger partial charge in [-0.05, 0) is 49.2 Å². The molecule has 1 atom stereocenters. The van der Waals surface area contributed by atoms with E-state index in [1.165, 1.54) is 0 Å². The number of carbonyl (C=O) groups excluding carboxylic acids is 1. The number of aryl methyl sites for hydroxylation is 1. The molecule has 0 aliphatic carbocycles. The van der Waals surface area contributed by atoms with Gasteiger partial charge in [0.15, 0.2) is 0 Å². The standard InChI is InChI=1S/C18H19N3O2/c1-11(14-4-6-15(22)7-5-14)18(23)19-10-13-3-8-16-17(9-13)21-12(2)20-16/h3-9,11,22H,10H2,1-2H3,(H,19,23)(H,20,21)/t11-/m0/s1. The predicted octanol–water partition coefficient (Wildman–Crippen LogP) is 3.00. The van der Waals surface area contributed by atoms with Crippen LogP contribution >= 0.6 is 0 Å². The van der Waals surface area contributed by atoms with Gasteiger partial charge in [-0.15, -0.1) is 0 Å². The summed E-state index contributed by atoms with van der Waals surface area (Å²) in [7, 11) is 0. The lowest BCUT2D eigenvalue weighted by Gasteiger charge is -2.12. The van der Waals surface area contributed by atoms with Gasteiger partial charge < -0.3 is 15.4 Å². The molecule has 0 radical (unpaired) electrons. The molecular weight excluding hydrogens is 290 g/mol. The molecule has 5 nitrogen and oxygen atoms in total. The molecule has 5 heteroatoms. The quantitative estimate of drug-likeness (QED) is 0.693. The Morgan fingerprint density at radius 3 is 2.74 bits per heavy atom. The van der Waals surface area contributed by atoms with Crippen molar-refractivity contribution in [3.8, 4) is 5.75 Å². The van der Waals surface area contributed by atoms with E-state index in [1.54, 1.807) is 24.3 Å². The molecular formula is C18H19N3O2. The van der Waals surface area contributed by atoms with Crippen molar-refractivity contribution in [2.45, 2.75) is 26.3 Å². The SMILES string of the molecule is Cc1nc2ccc(CNC(=O)[C@@H](C)c3ccc(O)cc3)cc2[nH]1. The van der Waals surface area contributed by atoms with Gasteiger partial charge in [0.2, 0.25) is 5.91 Å². The molecule has 0 aliphatic heterocycles.